The van der Waals surface area contributed by atoms with Gasteiger partial charge in [0, 0.05) is 17.6 Å². The third kappa shape index (κ3) is 4.68. The number of carbonyl (C=O) groups is 2. The van der Waals surface area contributed by atoms with Crippen LogP contribution in [0.25, 0.3) is 10.8 Å². The minimum atomic E-state index is -1.03. The van der Waals surface area contributed by atoms with Crippen molar-refractivity contribution in [2.24, 2.45) is 5.92 Å². The maximum absolute atomic E-state index is 12.8. The molecule has 1 N–H and O–H groups in total. The number of nitrogens with one attached hydrogen (secondary N) is 1. The number of carbonyl (C=O) groups excluding carboxylic acids is 2. The van der Waals surface area contributed by atoms with E-state index in [1.807, 2.05) is 19.9 Å². The molecule has 1 heterocycles. The maximum Gasteiger partial charge on any atom is 0.360 e. The zero-order valence-corrected chi connectivity index (χ0v) is 16.6. The zero-order valence-electron chi connectivity index (χ0n) is 16.6. The summed E-state index contributed by atoms with van der Waals surface area (Å²) in [5.41, 5.74) is 0.357. The van der Waals surface area contributed by atoms with Crippen molar-refractivity contribution >= 4 is 28.3 Å². The Morgan fingerprint density at radius 1 is 1.00 bits per heavy atom. The highest BCUT2D eigenvalue weighted by atomic mass is 16.5. The van der Waals surface area contributed by atoms with E-state index in [0.29, 0.717) is 23.0 Å². The number of hydrogen-bond acceptors (Lipinski definition) is 5. The van der Waals surface area contributed by atoms with Gasteiger partial charge < -0.3 is 10.1 Å². The van der Waals surface area contributed by atoms with Gasteiger partial charge in [-0.25, -0.2) is 9.48 Å². The van der Waals surface area contributed by atoms with E-state index in [1.165, 1.54) is 11.6 Å². The fourth-order valence-electron chi connectivity index (χ4n) is 2.89. The highest BCUT2D eigenvalue weighted by molar-refractivity contribution is 6.03. The minimum absolute atomic E-state index is 0.0141. The quantitative estimate of drug-likeness (QED) is 0.650. The Labute approximate surface area is 168 Å². The largest absolute Gasteiger partial charge is 0.448 e. The predicted octanol–water partition coefficient (Wildman–Crippen LogP) is 3.24. The molecule has 0 aliphatic rings. The standard InChI is InChI=1S/C22H23N3O4/c1-14(2)13-25-21(27)18-12-8-7-11-17(18)19(24-25)22(28)29-15(3)20(26)23-16-9-5-4-6-10-16/h4-12,14-15H,13H2,1-3H3,(H,23,26)/t15-/m0/s1. The number of ether oxygens (including phenoxy) is 1. The molecule has 3 aromatic rings. The van der Waals surface area contributed by atoms with Gasteiger partial charge in [-0.15, -0.1) is 0 Å². The molecule has 0 bridgehead atoms. The zero-order chi connectivity index (χ0) is 21.0. The van der Waals surface area contributed by atoms with Crippen LogP contribution in [0.1, 0.15) is 31.3 Å². The fraction of sp³-hybridized carbons (Fsp3) is 0.273. The van der Waals surface area contributed by atoms with Crippen molar-refractivity contribution < 1.29 is 14.3 Å². The second-order valence-electron chi connectivity index (χ2n) is 7.18. The molecule has 3 rings (SSSR count). The molecule has 29 heavy (non-hydrogen) atoms. The molecule has 2 aromatic carbocycles. The summed E-state index contributed by atoms with van der Waals surface area (Å²) in [6, 6.07) is 15.6. The molecule has 150 valence electrons. The molecule has 7 nitrogen and oxygen atoms in total. The Hall–Kier alpha value is -3.48. The van der Waals surface area contributed by atoms with Crippen molar-refractivity contribution in [2.45, 2.75) is 33.4 Å². The Balaban J connectivity index is 1.87. The first-order valence-corrected chi connectivity index (χ1v) is 9.43. The van der Waals surface area contributed by atoms with Crippen LogP contribution < -0.4 is 10.9 Å². The average molecular weight is 393 g/mol. The SMILES string of the molecule is CC(C)Cn1nc(C(=O)O[C@@H](C)C(=O)Nc2ccccc2)c2ccccc2c1=O. The van der Waals surface area contributed by atoms with Gasteiger partial charge in [0.25, 0.3) is 11.5 Å². The van der Waals surface area contributed by atoms with E-state index >= 15 is 0 Å². The van der Waals surface area contributed by atoms with Gasteiger partial charge in [-0.2, -0.15) is 5.10 Å². The van der Waals surface area contributed by atoms with Gasteiger partial charge in [-0.1, -0.05) is 50.2 Å². The molecule has 1 amide bonds. The van der Waals surface area contributed by atoms with Gasteiger partial charge in [0.15, 0.2) is 11.8 Å². The van der Waals surface area contributed by atoms with E-state index in [9.17, 15) is 14.4 Å². The Kier molecular flexibility index (Phi) is 6.07. The van der Waals surface area contributed by atoms with Gasteiger partial charge in [0.1, 0.15) is 0 Å². The smallest absolute Gasteiger partial charge is 0.360 e. The molecule has 0 fully saturated rings. The summed E-state index contributed by atoms with van der Waals surface area (Å²) in [5, 5.41) is 7.71. The predicted molar refractivity (Wildman–Crippen MR) is 111 cm³/mol. The number of para-hydroxylation sites is 1. The fourth-order valence-corrected chi connectivity index (χ4v) is 2.89. The van der Waals surface area contributed by atoms with Gasteiger partial charge >= 0.3 is 5.97 Å². The monoisotopic (exact) mass is 393 g/mol. The van der Waals surface area contributed by atoms with Crippen molar-refractivity contribution in [1.82, 2.24) is 9.78 Å². The van der Waals surface area contributed by atoms with Crippen molar-refractivity contribution in [1.29, 1.82) is 0 Å². The summed E-state index contributed by atoms with van der Waals surface area (Å²) < 4.78 is 6.63. The number of esters is 1. The summed E-state index contributed by atoms with van der Waals surface area (Å²) in [7, 11) is 0. The van der Waals surface area contributed by atoms with Crippen LogP contribution in [-0.2, 0) is 16.1 Å². The molecular formula is C22H23N3O4. The van der Waals surface area contributed by atoms with Crippen LogP contribution in [0.5, 0.6) is 0 Å². The second kappa shape index (κ2) is 8.68. The van der Waals surface area contributed by atoms with Crippen LogP contribution >= 0.6 is 0 Å². The van der Waals surface area contributed by atoms with E-state index in [-0.39, 0.29) is 17.2 Å². The van der Waals surface area contributed by atoms with Crippen molar-refractivity contribution in [3.63, 3.8) is 0 Å². The van der Waals surface area contributed by atoms with E-state index in [0.717, 1.165) is 0 Å². The summed E-state index contributed by atoms with van der Waals surface area (Å²) in [4.78, 5) is 37.8. The normalized spacial score (nSPS) is 12.0. The van der Waals surface area contributed by atoms with Crippen LogP contribution in [-0.4, -0.2) is 27.8 Å². The molecule has 0 saturated heterocycles. The molecule has 1 aromatic heterocycles. The minimum Gasteiger partial charge on any atom is -0.448 e. The lowest BCUT2D eigenvalue weighted by molar-refractivity contribution is -0.123. The Bertz CT molecular complexity index is 1090. The highest BCUT2D eigenvalue weighted by Gasteiger charge is 2.23. The molecule has 0 aliphatic carbocycles. The maximum atomic E-state index is 12.8. The van der Waals surface area contributed by atoms with Crippen molar-refractivity contribution in [3.05, 3.63) is 70.6 Å². The van der Waals surface area contributed by atoms with E-state index in [4.69, 9.17) is 4.74 Å². The lowest BCUT2D eigenvalue weighted by atomic mass is 10.1. The summed E-state index contributed by atoms with van der Waals surface area (Å²) in [6.45, 7) is 5.77. The number of aromatic nitrogens is 2. The van der Waals surface area contributed by atoms with Crippen LogP contribution in [0.3, 0.4) is 0 Å². The molecule has 0 aliphatic heterocycles. The number of anilines is 1. The van der Waals surface area contributed by atoms with Gasteiger partial charge in [-0.3, -0.25) is 9.59 Å². The molecule has 0 saturated carbocycles. The third-order valence-corrected chi connectivity index (χ3v) is 4.29. The van der Waals surface area contributed by atoms with Crippen LogP contribution in [0.15, 0.2) is 59.4 Å². The number of nitrogens with zero attached hydrogens (tertiary/aromatic N) is 2. The molecule has 0 radical (unpaired) electrons. The Morgan fingerprint density at radius 3 is 2.28 bits per heavy atom. The first-order chi connectivity index (χ1) is 13.9. The van der Waals surface area contributed by atoms with Crippen molar-refractivity contribution in [3.8, 4) is 0 Å². The second-order valence-corrected chi connectivity index (χ2v) is 7.18. The number of rotatable bonds is 6. The van der Waals surface area contributed by atoms with E-state index in [2.05, 4.69) is 10.4 Å². The lowest BCUT2D eigenvalue weighted by Crippen LogP contribution is -2.32. The molecule has 0 spiro atoms. The number of hydrogen-bond donors (Lipinski definition) is 1. The van der Waals surface area contributed by atoms with Gasteiger partial charge in [0.2, 0.25) is 0 Å². The summed E-state index contributed by atoms with van der Waals surface area (Å²) >= 11 is 0. The number of fused-ring (bicyclic) bond motifs is 1. The number of amides is 1. The van der Waals surface area contributed by atoms with Crippen LogP contribution in [0.2, 0.25) is 0 Å². The first-order valence-electron chi connectivity index (χ1n) is 9.43. The summed E-state index contributed by atoms with van der Waals surface area (Å²) in [6.07, 6.45) is -1.03. The molecule has 0 unspecified atom stereocenters. The van der Waals surface area contributed by atoms with Crippen LogP contribution in [0, 0.1) is 5.92 Å². The lowest BCUT2D eigenvalue weighted by Gasteiger charge is -2.15. The van der Waals surface area contributed by atoms with E-state index < -0.39 is 18.0 Å². The molecular weight excluding hydrogens is 370 g/mol. The Morgan fingerprint density at radius 2 is 1.62 bits per heavy atom. The average Bonchev–Trinajstić information content (AvgIpc) is 2.70. The van der Waals surface area contributed by atoms with E-state index in [1.54, 1.807) is 48.5 Å². The molecule has 1 atom stereocenters. The number of benzene rings is 2. The van der Waals surface area contributed by atoms with Gasteiger partial charge in [-0.05, 0) is 31.0 Å². The highest BCUT2D eigenvalue weighted by Crippen LogP contribution is 2.16. The summed E-state index contributed by atoms with van der Waals surface area (Å²) in [5.74, 6) is -1.04. The third-order valence-electron chi connectivity index (χ3n) is 4.29. The topological polar surface area (TPSA) is 90.3 Å². The van der Waals surface area contributed by atoms with Gasteiger partial charge in [0.05, 0.1) is 5.39 Å². The van der Waals surface area contributed by atoms with Crippen molar-refractivity contribution in [2.75, 3.05) is 5.32 Å². The first kappa shape index (κ1) is 20.3. The van der Waals surface area contributed by atoms with Crippen LogP contribution in [0.4, 0.5) is 5.69 Å². The molecule has 7 heteroatoms.